The number of benzene rings is 1. The fourth-order valence-corrected chi connectivity index (χ4v) is 4.93. The minimum absolute atomic E-state index is 0.201. The van der Waals surface area contributed by atoms with Crippen molar-refractivity contribution in [2.24, 2.45) is 7.05 Å². The second-order valence-electron chi connectivity index (χ2n) is 7.26. The van der Waals surface area contributed by atoms with Gasteiger partial charge in [0.25, 0.3) is 0 Å². The van der Waals surface area contributed by atoms with E-state index in [1.165, 1.54) is 11.3 Å². The number of nitrogens with one attached hydrogen (secondary N) is 1. The third-order valence-electron chi connectivity index (χ3n) is 5.32. The Morgan fingerprint density at radius 3 is 2.77 bits per heavy atom. The molecule has 4 rings (SSSR count). The monoisotopic (exact) mass is 425 g/mol. The fourth-order valence-electron chi connectivity index (χ4n) is 3.79. The van der Waals surface area contributed by atoms with Crippen LogP contribution in [0.4, 0.5) is 5.00 Å². The van der Waals surface area contributed by atoms with Crippen LogP contribution >= 0.6 is 11.3 Å². The van der Waals surface area contributed by atoms with Crippen molar-refractivity contribution < 1.29 is 19.4 Å². The topological polar surface area (TPSA) is 93.5 Å². The Labute approximate surface area is 178 Å². The average Bonchev–Trinajstić information content (AvgIpc) is 3.31. The first-order valence-electron chi connectivity index (χ1n) is 9.86. The summed E-state index contributed by atoms with van der Waals surface area (Å²) >= 11 is 1.18. The van der Waals surface area contributed by atoms with Gasteiger partial charge in [0, 0.05) is 12.6 Å². The van der Waals surface area contributed by atoms with Crippen molar-refractivity contribution >= 4 is 28.3 Å². The molecular weight excluding hydrogens is 402 g/mol. The van der Waals surface area contributed by atoms with Gasteiger partial charge in [0.2, 0.25) is 0 Å². The molecule has 0 saturated heterocycles. The highest BCUT2D eigenvalue weighted by atomic mass is 32.1. The van der Waals surface area contributed by atoms with Crippen molar-refractivity contribution in [3.8, 4) is 11.3 Å². The van der Waals surface area contributed by atoms with Crippen molar-refractivity contribution in [2.75, 3.05) is 5.32 Å². The summed E-state index contributed by atoms with van der Waals surface area (Å²) in [6.45, 7) is 2.10. The zero-order valence-corrected chi connectivity index (χ0v) is 17.7. The minimum atomic E-state index is -0.949. The van der Waals surface area contributed by atoms with E-state index < -0.39 is 12.0 Å². The molecule has 2 heterocycles. The summed E-state index contributed by atoms with van der Waals surface area (Å²) in [7, 11) is 1.85. The van der Waals surface area contributed by atoms with E-state index in [0.717, 1.165) is 34.4 Å². The molecule has 0 bridgehead atoms. The maximum Gasteiger partial charge on any atom is 0.346 e. The highest BCUT2D eigenvalue weighted by Gasteiger charge is 2.32. The van der Waals surface area contributed by atoms with E-state index in [4.69, 9.17) is 4.74 Å². The van der Waals surface area contributed by atoms with Crippen molar-refractivity contribution in [1.82, 2.24) is 9.78 Å². The van der Waals surface area contributed by atoms with Gasteiger partial charge in [-0.15, -0.1) is 11.3 Å². The Kier molecular flexibility index (Phi) is 5.59. The summed E-state index contributed by atoms with van der Waals surface area (Å²) in [5, 5.41) is 18.0. The average molecular weight is 426 g/mol. The van der Waals surface area contributed by atoms with E-state index >= 15 is 0 Å². The Morgan fingerprint density at radius 1 is 1.30 bits per heavy atom. The molecule has 1 aromatic carbocycles. The first-order valence-corrected chi connectivity index (χ1v) is 10.7. The molecule has 3 aromatic rings. The molecule has 0 spiro atoms. The summed E-state index contributed by atoms with van der Waals surface area (Å²) < 4.78 is 7.27. The molecule has 0 radical (unpaired) electrons. The van der Waals surface area contributed by atoms with E-state index in [1.807, 2.05) is 50.5 Å². The van der Waals surface area contributed by atoms with Gasteiger partial charge in [-0.1, -0.05) is 37.3 Å². The number of rotatable bonds is 7. The number of fused-ring (bicyclic) bond motifs is 3. The molecule has 0 fully saturated rings. The number of aromatic carboxylic acids is 1. The molecule has 1 aliphatic carbocycles. The number of carboxylic acids is 1. The molecule has 1 atom stereocenters. The van der Waals surface area contributed by atoms with Crippen LogP contribution in [-0.2, 0) is 36.0 Å². The number of esters is 1. The lowest BCUT2D eigenvalue weighted by molar-refractivity contribution is -0.145. The van der Waals surface area contributed by atoms with Gasteiger partial charge in [-0.2, -0.15) is 5.10 Å². The van der Waals surface area contributed by atoms with Crippen LogP contribution in [0.3, 0.4) is 0 Å². The lowest BCUT2D eigenvalue weighted by atomic mass is 9.91. The van der Waals surface area contributed by atoms with Crippen molar-refractivity contribution in [2.45, 2.75) is 38.8 Å². The van der Waals surface area contributed by atoms with Crippen molar-refractivity contribution in [3.63, 3.8) is 0 Å². The van der Waals surface area contributed by atoms with Gasteiger partial charge in [-0.05, 0) is 36.0 Å². The number of anilines is 1. The maximum absolute atomic E-state index is 12.7. The Bertz CT molecular complexity index is 1090. The predicted octanol–water partition coefficient (Wildman–Crippen LogP) is 3.88. The van der Waals surface area contributed by atoms with Gasteiger partial charge >= 0.3 is 11.9 Å². The number of ether oxygens (including phenoxy) is 1. The highest BCUT2D eigenvalue weighted by Crippen LogP contribution is 2.46. The second kappa shape index (κ2) is 8.31. The van der Waals surface area contributed by atoms with Crippen LogP contribution < -0.4 is 5.32 Å². The van der Waals surface area contributed by atoms with E-state index in [0.29, 0.717) is 22.7 Å². The third kappa shape index (κ3) is 3.70. The first kappa shape index (κ1) is 20.2. The van der Waals surface area contributed by atoms with Crippen LogP contribution in [0.15, 0.2) is 36.5 Å². The number of thiophene rings is 1. The molecule has 0 amide bonds. The third-order valence-corrected chi connectivity index (χ3v) is 6.47. The summed E-state index contributed by atoms with van der Waals surface area (Å²) in [5.74, 6) is -1.31. The van der Waals surface area contributed by atoms with Crippen molar-refractivity contribution in [1.29, 1.82) is 0 Å². The first-order chi connectivity index (χ1) is 14.5. The Hall–Kier alpha value is -3.13. The molecule has 1 aliphatic rings. The van der Waals surface area contributed by atoms with Crippen LogP contribution in [0.25, 0.3) is 11.3 Å². The van der Waals surface area contributed by atoms with Crippen LogP contribution in [0.2, 0.25) is 0 Å². The lowest BCUT2D eigenvalue weighted by Crippen LogP contribution is -2.30. The van der Waals surface area contributed by atoms with Crippen LogP contribution in [0.1, 0.15) is 39.7 Å². The van der Waals surface area contributed by atoms with Gasteiger partial charge in [0.1, 0.15) is 17.5 Å². The Balaban J connectivity index is 1.61. The normalized spacial score (nSPS) is 13.3. The highest BCUT2D eigenvalue weighted by molar-refractivity contribution is 7.18. The lowest BCUT2D eigenvalue weighted by Gasteiger charge is -2.20. The SMILES string of the molecule is CCC(Nc1sc(C(=O)O)c2c1-c1c(cnn1C)CC2)C(=O)OCc1ccccc1. The molecule has 2 aromatic heterocycles. The molecule has 0 saturated carbocycles. The minimum Gasteiger partial charge on any atom is -0.477 e. The summed E-state index contributed by atoms with van der Waals surface area (Å²) in [5.41, 5.74) is 4.56. The number of nitrogens with zero attached hydrogens (tertiary/aromatic N) is 2. The number of aryl methyl sites for hydroxylation is 2. The van der Waals surface area contributed by atoms with Gasteiger partial charge in [-0.3, -0.25) is 4.68 Å². The van der Waals surface area contributed by atoms with Crippen LogP contribution in [0.5, 0.6) is 0 Å². The summed E-state index contributed by atoms with van der Waals surface area (Å²) in [6, 6.07) is 8.94. The van der Waals surface area contributed by atoms with E-state index in [2.05, 4.69) is 10.4 Å². The zero-order chi connectivity index (χ0) is 21.3. The number of carbonyl (C=O) groups is 2. The van der Waals surface area contributed by atoms with Gasteiger partial charge in [0.15, 0.2) is 0 Å². The number of carbonyl (C=O) groups excluding carboxylic acids is 1. The molecule has 0 aliphatic heterocycles. The molecular formula is C22H23N3O4S. The number of carboxylic acid groups (broad SMARTS) is 1. The predicted molar refractivity (Wildman–Crippen MR) is 115 cm³/mol. The molecule has 156 valence electrons. The van der Waals surface area contributed by atoms with Gasteiger partial charge in [-0.25, -0.2) is 9.59 Å². The Morgan fingerprint density at radius 2 is 2.07 bits per heavy atom. The molecule has 1 unspecified atom stereocenters. The molecule has 30 heavy (non-hydrogen) atoms. The fraction of sp³-hybridized carbons (Fsp3) is 0.318. The van der Waals surface area contributed by atoms with Crippen molar-refractivity contribution in [3.05, 3.63) is 58.1 Å². The van der Waals surface area contributed by atoms with E-state index in [-0.39, 0.29) is 12.6 Å². The van der Waals surface area contributed by atoms with E-state index in [1.54, 1.807) is 4.68 Å². The number of hydrogen-bond donors (Lipinski definition) is 2. The number of aromatic nitrogens is 2. The van der Waals surface area contributed by atoms with Gasteiger partial charge in [0.05, 0.1) is 16.9 Å². The summed E-state index contributed by atoms with van der Waals surface area (Å²) in [6.07, 6.45) is 3.73. The molecule has 8 heteroatoms. The smallest absolute Gasteiger partial charge is 0.346 e. The van der Waals surface area contributed by atoms with Gasteiger partial charge < -0.3 is 15.2 Å². The van der Waals surface area contributed by atoms with Crippen LogP contribution in [-0.4, -0.2) is 32.9 Å². The largest absolute Gasteiger partial charge is 0.477 e. The molecule has 7 nitrogen and oxygen atoms in total. The number of hydrogen-bond acceptors (Lipinski definition) is 6. The quantitative estimate of drug-likeness (QED) is 0.558. The standard InChI is InChI=1S/C22H23N3O4S/c1-3-16(22(28)29-12-13-7-5-4-6-8-13)24-20-17-15(19(30-20)21(26)27)10-9-14-11-23-25(2)18(14)17/h4-8,11,16,24H,3,9-10,12H2,1-2H3,(H,26,27). The summed E-state index contributed by atoms with van der Waals surface area (Å²) in [4.78, 5) is 24.9. The van der Waals surface area contributed by atoms with E-state index in [9.17, 15) is 14.7 Å². The zero-order valence-electron chi connectivity index (χ0n) is 16.8. The second-order valence-corrected chi connectivity index (χ2v) is 8.28. The molecule has 2 N–H and O–H groups in total. The maximum atomic E-state index is 12.7. The van der Waals surface area contributed by atoms with Crippen LogP contribution in [0, 0.1) is 0 Å².